The predicted octanol–water partition coefficient (Wildman–Crippen LogP) is 3.30. The SMILES string of the molecule is CSC1CCCCC1NCc1cc(F)ccc1O. The van der Waals surface area contributed by atoms with Crippen molar-refractivity contribution in [2.45, 2.75) is 43.5 Å². The molecule has 0 aliphatic heterocycles. The lowest BCUT2D eigenvalue weighted by Gasteiger charge is -2.31. The van der Waals surface area contributed by atoms with Crippen LogP contribution >= 0.6 is 11.8 Å². The van der Waals surface area contributed by atoms with Crippen molar-refractivity contribution >= 4 is 11.8 Å². The molecule has 2 unspecified atom stereocenters. The van der Waals surface area contributed by atoms with Crippen molar-refractivity contribution in [3.8, 4) is 5.75 Å². The van der Waals surface area contributed by atoms with Gasteiger partial charge in [-0.05, 0) is 37.3 Å². The fraction of sp³-hybridized carbons (Fsp3) is 0.571. The van der Waals surface area contributed by atoms with Crippen molar-refractivity contribution in [1.82, 2.24) is 5.32 Å². The van der Waals surface area contributed by atoms with E-state index in [2.05, 4.69) is 11.6 Å². The van der Waals surface area contributed by atoms with Gasteiger partial charge in [0.25, 0.3) is 0 Å². The van der Waals surface area contributed by atoms with Gasteiger partial charge >= 0.3 is 0 Å². The van der Waals surface area contributed by atoms with Gasteiger partial charge in [0, 0.05) is 23.4 Å². The minimum Gasteiger partial charge on any atom is -0.508 e. The summed E-state index contributed by atoms with van der Waals surface area (Å²) in [6.07, 6.45) is 7.11. The Labute approximate surface area is 112 Å². The van der Waals surface area contributed by atoms with Gasteiger partial charge in [-0.25, -0.2) is 4.39 Å². The van der Waals surface area contributed by atoms with Gasteiger partial charge < -0.3 is 10.4 Å². The van der Waals surface area contributed by atoms with Gasteiger partial charge in [0.05, 0.1) is 0 Å². The number of phenolic OH excluding ortho intramolecular Hbond substituents is 1. The molecule has 1 aliphatic rings. The third-order valence-electron chi connectivity index (χ3n) is 3.60. The second kappa shape index (κ2) is 6.43. The van der Waals surface area contributed by atoms with Crippen molar-refractivity contribution in [3.63, 3.8) is 0 Å². The number of nitrogens with one attached hydrogen (secondary N) is 1. The number of aromatic hydroxyl groups is 1. The summed E-state index contributed by atoms with van der Waals surface area (Å²) in [5, 5.41) is 13.8. The molecule has 0 bridgehead atoms. The Hall–Kier alpha value is -0.740. The van der Waals surface area contributed by atoms with E-state index in [0.717, 1.165) is 0 Å². The summed E-state index contributed by atoms with van der Waals surface area (Å²) in [6.45, 7) is 0.533. The van der Waals surface area contributed by atoms with E-state index in [-0.39, 0.29) is 11.6 Å². The fourth-order valence-electron chi connectivity index (χ4n) is 2.55. The molecule has 1 aliphatic carbocycles. The molecule has 0 saturated heterocycles. The van der Waals surface area contributed by atoms with Gasteiger partial charge in [-0.15, -0.1) is 0 Å². The Kier molecular flexibility index (Phi) is 4.89. The van der Waals surface area contributed by atoms with Crippen LogP contribution in [0.15, 0.2) is 18.2 Å². The summed E-state index contributed by atoms with van der Waals surface area (Å²) in [7, 11) is 0. The molecule has 0 spiro atoms. The maximum Gasteiger partial charge on any atom is 0.123 e. The molecule has 100 valence electrons. The zero-order valence-electron chi connectivity index (χ0n) is 10.7. The van der Waals surface area contributed by atoms with Crippen LogP contribution in [0, 0.1) is 5.82 Å². The summed E-state index contributed by atoms with van der Waals surface area (Å²) in [5.74, 6) is -0.130. The van der Waals surface area contributed by atoms with Crippen LogP contribution < -0.4 is 5.32 Å². The van der Waals surface area contributed by atoms with Crippen LogP contribution in [0.25, 0.3) is 0 Å². The van der Waals surface area contributed by atoms with Crippen LogP contribution in [0.2, 0.25) is 0 Å². The summed E-state index contributed by atoms with van der Waals surface area (Å²) in [6, 6.07) is 4.57. The summed E-state index contributed by atoms with van der Waals surface area (Å²) in [4.78, 5) is 0. The summed E-state index contributed by atoms with van der Waals surface area (Å²) in [5.41, 5.74) is 0.639. The van der Waals surface area contributed by atoms with E-state index >= 15 is 0 Å². The van der Waals surface area contributed by atoms with Crippen molar-refractivity contribution in [3.05, 3.63) is 29.6 Å². The van der Waals surface area contributed by atoms with Gasteiger partial charge in [0.1, 0.15) is 11.6 Å². The first-order valence-electron chi connectivity index (χ1n) is 6.44. The average Bonchev–Trinajstić information content (AvgIpc) is 2.40. The number of rotatable bonds is 4. The maximum absolute atomic E-state index is 13.1. The Bertz CT molecular complexity index is 399. The highest BCUT2D eigenvalue weighted by Gasteiger charge is 2.23. The van der Waals surface area contributed by atoms with Crippen LogP contribution in [-0.2, 0) is 6.54 Å². The molecule has 0 radical (unpaired) electrons. The van der Waals surface area contributed by atoms with E-state index in [0.29, 0.717) is 23.4 Å². The number of thioether (sulfide) groups is 1. The minimum absolute atomic E-state index is 0.167. The highest BCUT2D eigenvalue weighted by atomic mass is 32.2. The number of benzene rings is 1. The van der Waals surface area contributed by atoms with E-state index in [1.54, 1.807) is 0 Å². The summed E-state index contributed by atoms with van der Waals surface area (Å²) >= 11 is 1.90. The van der Waals surface area contributed by atoms with Crippen LogP contribution in [-0.4, -0.2) is 22.7 Å². The number of halogens is 1. The predicted molar refractivity (Wildman–Crippen MR) is 74.5 cm³/mol. The first-order chi connectivity index (χ1) is 8.70. The second-order valence-electron chi connectivity index (χ2n) is 4.82. The van der Waals surface area contributed by atoms with Gasteiger partial charge in [0.15, 0.2) is 0 Å². The van der Waals surface area contributed by atoms with Gasteiger partial charge in [0.2, 0.25) is 0 Å². The molecule has 4 heteroatoms. The molecule has 0 aromatic heterocycles. The van der Waals surface area contributed by atoms with Crippen molar-refractivity contribution in [2.75, 3.05) is 6.26 Å². The van der Waals surface area contributed by atoms with Gasteiger partial charge in [-0.1, -0.05) is 12.8 Å². The van der Waals surface area contributed by atoms with Crippen molar-refractivity contribution < 1.29 is 9.50 Å². The van der Waals surface area contributed by atoms with Gasteiger partial charge in [-0.2, -0.15) is 11.8 Å². The topological polar surface area (TPSA) is 32.3 Å². The quantitative estimate of drug-likeness (QED) is 0.879. The zero-order valence-corrected chi connectivity index (χ0v) is 11.5. The monoisotopic (exact) mass is 269 g/mol. The molecule has 1 aromatic rings. The Morgan fingerprint density at radius 1 is 1.39 bits per heavy atom. The van der Waals surface area contributed by atoms with Crippen LogP contribution in [0.3, 0.4) is 0 Å². The molecular formula is C14H20FNOS. The standard InChI is InChI=1S/C14H20FNOS/c1-18-14-5-3-2-4-12(14)16-9-10-8-11(15)6-7-13(10)17/h6-8,12,14,16-17H,2-5,9H2,1H3. The fourth-order valence-corrected chi connectivity index (χ4v) is 3.51. The minimum atomic E-state index is -0.297. The molecule has 2 rings (SSSR count). The van der Waals surface area contributed by atoms with Crippen LogP contribution in [0.5, 0.6) is 5.75 Å². The lowest BCUT2D eigenvalue weighted by Crippen LogP contribution is -2.39. The van der Waals surface area contributed by atoms with Crippen molar-refractivity contribution in [1.29, 1.82) is 0 Å². The normalized spacial score (nSPS) is 24.1. The summed E-state index contributed by atoms with van der Waals surface area (Å²) < 4.78 is 13.1. The highest BCUT2D eigenvalue weighted by molar-refractivity contribution is 7.99. The Balaban J connectivity index is 1.95. The third kappa shape index (κ3) is 3.39. The molecule has 2 atom stereocenters. The average molecular weight is 269 g/mol. The largest absolute Gasteiger partial charge is 0.508 e. The smallest absolute Gasteiger partial charge is 0.123 e. The maximum atomic E-state index is 13.1. The molecule has 1 saturated carbocycles. The zero-order chi connectivity index (χ0) is 13.0. The van der Waals surface area contributed by atoms with E-state index in [4.69, 9.17) is 0 Å². The van der Waals surface area contributed by atoms with Gasteiger partial charge in [-0.3, -0.25) is 0 Å². The number of hydrogen-bond donors (Lipinski definition) is 2. The molecule has 2 N–H and O–H groups in total. The molecular weight excluding hydrogens is 249 g/mol. The highest BCUT2D eigenvalue weighted by Crippen LogP contribution is 2.28. The number of phenols is 1. The first kappa shape index (κ1) is 13.7. The van der Waals surface area contributed by atoms with E-state index in [1.807, 2.05) is 11.8 Å². The van der Waals surface area contributed by atoms with E-state index in [9.17, 15) is 9.50 Å². The third-order valence-corrected chi connectivity index (χ3v) is 4.77. The van der Waals surface area contributed by atoms with E-state index in [1.165, 1.54) is 43.9 Å². The first-order valence-corrected chi connectivity index (χ1v) is 7.73. The Morgan fingerprint density at radius 2 is 2.17 bits per heavy atom. The molecule has 1 aromatic carbocycles. The second-order valence-corrected chi connectivity index (χ2v) is 5.90. The lowest BCUT2D eigenvalue weighted by atomic mass is 9.94. The van der Waals surface area contributed by atoms with E-state index < -0.39 is 0 Å². The number of hydrogen-bond acceptors (Lipinski definition) is 3. The lowest BCUT2D eigenvalue weighted by molar-refractivity contribution is 0.378. The molecule has 1 fully saturated rings. The Morgan fingerprint density at radius 3 is 2.94 bits per heavy atom. The van der Waals surface area contributed by atoms with Crippen LogP contribution in [0.4, 0.5) is 4.39 Å². The van der Waals surface area contributed by atoms with Crippen molar-refractivity contribution in [2.24, 2.45) is 0 Å². The van der Waals surface area contributed by atoms with Crippen LogP contribution in [0.1, 0.15) is 31.2 Å². The molecule has 0 heterocycles. The molecule has 0 amide bonds. The molecule has 2 nitrogen and oxygen atoms in total. The molecule has 18 heavy (non-hydrogen) atoms.